The summed E-state index contributed by atoms with van der Waals surface area (Å²) in [6.45, 7) is 7.35. The Labute approximate surface area is 139 Å². The molecule has 0 radical (unpaired) electrons. The van der Waals surface area contributed by atoms with Crippen LogP contribution in [0.5, 0.6) is 0 Å². The molecule has 1 aliphatic rings. The zero-order valence-electron chi connectivity index (χ0n) is 14.9. The van der Waals surface area contributed by atoms with Crippen LogP contribution in [0.15, 0.2) is 22.7 Å². The Morgan fingerprint density at radius 3 is 2.52 bits per heavy atom. The van der Waals surface area contributed by atoms with Crippen molar-refractivity contribution < 1.29 is 4.52 Å². The first-order chi connectivity index (χ1) is 11.1. The molecule has 0 atom stereocenters. The van der Waals surface area contributed by atoms with Gasteiger partial charge in [0.15, 0.2) is 0 Å². The van der Waals surface area contributed by atoms with Crippen LogP contribution < -0.4 is 4.90 Å². The maximum Gasteiger partial charge on any atom is 0.141 e. The van der Waals surface area contributed by atoms with E-state index in [-0.39, 0.29) is 0 Å². The first kappa shape index (κ1) is 16.1. The molecular weight excluding hydrogens is 284 g/mol. The maximum absolute atomic E-state index is 5.34. The fourth-order valence-electron chi connectivity index (χ4n) is 3.93. The number of hydrogen-bond acceptors (Lipinski definition) is 3. The molecule has 0 unspecified atom stereocenters. The van der Waals surface area contributed by atoms with Gasteiger partial charge in [-0.3, -0.25) is 0 Å². The van der Waals surface area contributed by atoms with Gasteiger partial charge in [-0.1, -0.05) is 36.6 Å². The van der Waals surface area contributed by atoms with Crippen molar-refractivity contribution in [3.05, 3.63) is 35.2 Å². The highest BCUT2D eigenvalue weighted by molar-refractivity contribution is 5.73. The van der Waals surface area contributed by atoms with Crippen molar-refractivity contribution in [2.75, 3.05) is 18.5 Å². The summed E-state index contributed by atoms with van der Waals surface area (Å²) in [7, 11) is 2.23. The van der Waals surface area contributed by atoms with Crippen LogP contribution in [0.4, 0.5) is 5.69 Å². The Kier molecular flexibility index (Phi) is 4.74. The van der Waals surface area contributed by atoms with Gasteiger partial charge in [-0.15, -0.1) is 0 Å². The second-order valence-corrected chi connectivity index (χ2v) is 7.08. The van der Waals surface area contributed by atoms with Gasteiger partial charge in [0.1, 0.15) is 5.76 Å². The van der Waals surface area contributed by atoms with Crippen LogP contribution in [0, 0.1) is 26.7 Å². The average molecular weight is 312 g/mol. The zero-order chi connectivity index (χ0) is 16.4. The van der Waals surface area contributed by atoms with Crippen LogP contribution in [0.25, 0.3) is 11.1 Å². The number of aryl methyl sites for hydroxylation is 3. The molecule has 1 heterocycles. The number of anilines is 1. The number of benzene rings is 1. The molecule has 1 aromatic carbocycles. The van der Waals surface area contributed by atoms with E-state index < -0.39 is 0 Å². The van der Waals surface area contributed by atoms with E-state index in [1.165, 1.54) is 48.9 Å². The Hall–Kier alpha value is -1.77. The smallest absolute Gasteiger partial charge is 0.141 e. The standard InChI is InChI=1S/C20H28N2O/c1-14-10-11-18(20-15(2)21-23-16(20)3)12-19(14)22(4)13-17-8-6-5-7-9-17/h10-12,17H,5-9,13H2,1-4H3. The fraction of sp³-hybridized carbons (Fsp3) is 0.550. The molecule has 0 saturated heterocycles. The molecule has 0 N–H and O–H groups in total. The van der Waals surface area contributed by atoms with E-state index in [1.807, 2.05) is 13.8 Å². The van der Waals surface area contributed by atoms with Gasteiger partial charge >= 0.3 is 0 Å². The minimum absolute atomic E-state index is 0.843. The zero-order valence-corrected chi connectivity index (χ0v) is 14.9. The molecule has 3 heteroatoms. The monoisotopic (exact) mass is 312 g/mol. The van der Waals surface area contributed by atoms with Gasteiger partial charge in [0.25, 0.3) is 0 Å². The molecule has 124 valence electrons. The molecule has 0 bridgehead atoms. The van der Waals surface area contributed by atoms with Crippen LogP contribution >= 0.6 is 0 Å². The number of aromatic nitrogens is 1. The van der Waals surface area contributed by atoms with Gasteiger partial charge in [0.2, 0.25) is 0 Å². The normalized spacial score (nSPS) is 15.8. The van der Waals surface area contributed by atoms with Crippen molar-refractivity contribution in [1.82, 2.24) is 5.16 Å². The van der Waals surface area contributed by atoms with Crippen molar-refractivity contribution in [1.29, 1.82) is 0 Å². The van der Waals surface area contributed by atoms with E-state index in [9.17, 15) is 0 Å². The summed E-state index contributed by atoms with van der Waals surface area (Å²) >= 11 is 0. The highest BCUT2D eigenvalue weighted by atomic mass is 16.5. The lowest BCUT2D eigenvalue weighted by Gasteiger charge is -2.29. The largest absolute Gasteiger partial charge is 0.374 e. The fourth-order valence-corrected chi connectivity index (χ4v) is 3.93. The Bertz CT molecular complexity index is 649. The van der Waals surface area contributed by atoms with E-state index >= 15 is 0 Å². The molecule has 2 aromatic rings. The molecule has 0 amide bonds. The lowest BCUT2D eigenvalue weighted by Crippen LogP contribution is -2.27. The lowest BCUT2D eigenvalue weighted by atomic mass is 9.89. The summed E-state index contributed by atoms with van der Waals surface area (Å²) in [6.07, 6.45) is 6.98. The van der Waals surface area contributed by atoms with E-state index in [2.05, 4.69) is 42.2 Å². The summed E-state index contributed by atoms with van der Waals surface area (Å²) in [6, 6.07) is 6.69. The van der Waals surface area contributed by atoms with E-state index in [1.54, 1.807) is 0 Å². The van der Waals surface area contributed by atoms with Gasteiger partial charge in [-0.05, 0) is 56.7 Å². The minimum atomic E-state index is 0.843. The molecule has 1 fully saturated rings. The van der Waals surface area contributed by atoms with Gasteiger partial charge in [-0.25, -0.2) is 0 Å². The molecule has 0 spiro atoms. The number of nitrogens with zero attached hydrogens (tertiary/aromatic N) is 2. The maximum atomic E-state index is 5.34. The number of hydrogen-bond donors (Lipinski definition) is 0. The molecule has 3 rings (SSSR count). The highest BCUT2D eigenvalue weighted by Gasteiger charge is 2.18. The van der Waals surface area contributed by atoms with Gasteiger partial charge < -0.3 is 9.42 Å². The van der Waals surface area contributed by atoms with Gasteiger partial charge in [0.05, 0.1) is 5.69 Å². The predicted octanol–water partition coefficient (Wildman–Crippen LogP) is 5.28. The quantitative estimate of drug-likeness (QED) is 0.769. The first-order valence-corrected chi connectivity index (χ1v) is 8.81. The highest BCUT2D eigenvalue weighted by Crippen LogP contribution is 2.33. The summed E-state index contributed by atoms with van der Waals surface area (Å²) in [5.74, 6) is 1.74. The van der Waals surface area contributed by atoms with Crippen LogP contribution in [-0.4, -0.2) is 18.7 Å². The van der Waals surface area contributed by atoms with Crippen molar-refractivity contribution in [3.8, 4) is 11.1 Å². The van der Waals surface area contributed by atoms with E-state index in [4.69, 9.17) is 4.52 Å². The minimum Gasteiger partial charge on any atom is -0.374 e. The Morgan fingerprint density at radius 2 is 1.87 bits per heavy atom. The van der Waals surface area contributed by atoms with Crippen molar-refractivity contribution in [3.63, 3.8) is 0 Å². The van der Waals surface area contributed by atoms with Crippen LogP contribution in [0.3, 0.4) is 0 Å². The SMILES string of the molecule is Cc1ccc(-c2c(C)noc2C)cc1N(C)CC1CCCCC1. The molecule has 23 heavy (non-hydrogen) atoms. The second kappa shape index (κ2) is 6.77. The van der Waals surface area contributed by atoms with E-state index in [0.29, 0.717) is 0 Å². The topological polar surface area (TPSA) is 29.3 Å². The Morgan fingerprint density at radius 1 is 1.13 bits per heavy atom. The molecule has 3 nitrogen and oxygen atoms in total. The lowest BCUT2D eigenvalue weighted by molar-refractivity contribution is 0.362. The summed E-state index contributed by atoms with van der Waals surface area (Å²) in [4.78, 5) is 2.44. The third-order valence-electron chi connectivity index (χ3n) is 5.20. The summed E-state index contributed by atoms with van der Waals surface area (Å²) in [5, 5.41) is 4.09. The summed E-state index contributed by atoms with van der Waals surface area (Å²) in [5.41, 5.74) is 5.97. The summed E-state index contributed by atoms with van der Waals surface area (Å²) < 4.78 is 5.34. The van der Waals surface area contributed by atoms with E-state index in [0.717, 1.165) is 29.5 Å². The third kappa shape index (κ3) is 3.44. The average Bonchev–Trinajstić information content (AvgIpc) is 2.88. The number of rotatable bonds is 4. The van der Waals surface area contributed by atoms with Crippen LogP contribution in [-0.2, 0) is 0 Å². The van der Waals surface area contributed by atoms with Gasteiger partial charge in [0, 0.05) is 24.8 Å². The van der Waals surface area contributed by atoms with Crippen molar-refractivity contribution >= 4 is 5.69 Å². The van der Waals surface area contributed by atoms with Crippen molar-refractivity contribution in [2.24, 2.45) is 5.92 Å². The second-order valence-electron chi connectivity index (χ2n) is 7.08. The molecule has 1 aromatic heterocycles. The van der Waals surface area contributed by atoms with Crippen molar-refractivity contribution in [2.45, 2.75) is 52.9 Å². The molecular formula is C20H28N2O. The molecule has 1 aliphatic carbocycles. The van der Waals surface area contributed by atoms with Crippen LogP contribution in [0.2, 0.25) is 0 Å². The van der Waals surface area contributed by atoms with Gasteiger partial charge in [-0.2, -0.15) is 0 Å². The van der Waals surface area contributed by atoms with Crippen LogP contribution in [0.1, 0.15) is 49.1 Å². The molecule has 0 aliphatic heterocycles. The third-order valence-corrected chi connectivity index (χ3v) is 5.20. The Balaban J connectivity index is 1.85. The molecule has 1 saturated carbocycles. The first-order valence-electron chi connectivity index (χ1n) is 8.81. The predicted molar refractivity (Wildman–Crippen MR) is 96.0 cm³/mol.